The zero-order valence-corrected chi connectivity index (χ0v) is 12.5. The Bertz CT molecular complexity index is 411. The predicted octanol–water partition coefficient (Wildman–Crippen LogP) is 3.42. The van der Waals surface area contributed by atoms with Gasteiger partial charge in [0.25, 0.3) is 0 Å². The van der Waals surface area contributed by atoms with Gasteiger partial charge in [-0.3, -0.25) is 4.68 Å². The number of hydrogen-bond acceptors (Lipinski definition) is 3. The molecule has 0 aliphatic rings. The van der Waals surface area contributed by atoms with Crippen molar-refractivity contribution in [3.63, 3.8) is 0 Å². The Hall–Kier alpha value is -0.690. The molecule has 1 rings (SSSR count). The lowest BCUT2D eigenvalue weighted by molar-refractivity contribution is -0.0328. The van der Waals surface area contributed by atoms with E-state index in [1.165, 1.54) is 0 Å². The van der Waals surface area contributed by atoms with Crippen molar-refractivity contribution < 1.29 is 13.2 Å². The van der Waals surface area contributed by atoms with Gasteiger partial charge >= 0.3 is 5.51 Å². The molecule has 1 atom stereocenters. The quantitative estimate of drug-likeness (QED) is 0.872. The van der Waals surface area contributed by atoms with E-state index in [-0.39, 0.29) is 30.1 Å². The van der Waals surface area contributed by atoms with Gasteiger partial charge in [-0.25, -0.2) is 0 Å². The molecule has 110 valence electrons. The van der Waals surface area contributed by atoms with Crippen LogP contribution in [0.5, 0.6) is 0 Å². The van der Waals surface area contributed by atoms with Crippen molar-refractivity contribution in [1.29, 1.82) is 0 Å². The van der Waals surface area contributed by atoms with Gasteiger partial charge in [-0.15, -0.1) is 0 Å². The molecule has 0 radical (unpaired) electrons. The maximum absolute atomic E-state index is 12.1. The third-order valence-corrected chi connectivity index (χ3v) is 3.83. The predicted molar refractivity (Wildman–Crippen MR) is 72.3 cm³/mol. The smallest absolute Gasteiger partial charge is 0.313 e. The standard InChI is InChI=1S/C12H20F3N3S/c1-5-10(16-4)11-8(2)17-18(9(11)3)6-7-19-12(13,14)15/h10,16H,5-7H2,1-4H3. The molecule has 1 aromatic heterocycles. The first-order chi connectivity index (χ1) is 8.80. The Morgan fingerprint density at radius 3 is 2.47 bits per heavy atom. The van der Waals surface area contributed by atoms with Gasteiger partial charge in [-0.1, -0.05) is 6.92 Å². The minimum atomic E-state index is -4.17. The zero-order valence-electron chi connectivity index (χ0n) is 11.6. The minimum Gasteiger partial charge on any atom is -0.313 e. The Labute approximate surface area is 115 Å². The van der Waals surface area contributed by atoms with Crippen LogP contribution in [0.3, 0.4) is 0 Å². The van der Waals surface area contributed by atoms with Crippen LogP contribution in [0.25, 0.3) is 0 Å². The van der Waals surface area contributed by atoms with Crippen LogP contribution in [0.4, 0.5) is 13.2 Å². The number of thioether (sulfide) groups is 1. The van der Waals surface area contributed by atoms with E-state index in [9.17, 15) is 13.2 Å². The second kappa shape index (κ2) is 6.65. The van der Waals surface area contributed by atoms with Crippen LogP contribution < -0.4 is 5.32 Å². The molecule has 0 amide bonds. The van der Waals surface area contributed by atoms with E-state index < -0.39 is 5.51 Å². The van der Waals surface area contributed by atoms with Crippen LogP contribution in [0.2, 0.25) is 0 Å². The summed E-state index contributed by atoms with van der Waals surface area (Å²) in [6.45, 7) is 6.15. The summed E-state index contributed by atoms with van der Waals surface area (Å²) in [6.07, 6.45) is 0.918. The van der Waals surface area contributed by atoms with Crippen molar-refractivity contribution in [3.8, 4) is 0 Å². The molecule has 19 heavy (non-hydrogen) atoms. The highest BCUT2D eigenvalue weighted by Gasteiger charge is 2.28. The van der Waals surface area contributed by atoms with Crippen molar-refractivity contribution >= 4 is 11.8 Å². The first-order valence-electron chi connectivity index (χ1n) is 6.22. The Morgan fingerprint density at radius 1 is 1.37 bits per heavy atom. The molecule has 0 aromatic carbocycles. The number of alkyl halides is 3. The van der Waals surface area contributed by atoms with E-state index in [0.717, 1.165) is 23.4 Å². The summed E-state index contributed by atoms with van der Waals surface area (Å²) >= 11 is -0.00433. The zero-order chi connectivity index (χ0) is 14.6. The van der Waals surface area contributed by atoms with E-state index in [1.807, 2.05) is 20.9 Å². The van der Waals surface area contributed by atoms with Gasteiger partial charge < -0.3 is 5.32 Å². The summed E-state index contributed by atoms with van der Waals surface area (Å²) in [7, 11) is 1.88. The minimum absolute atomic E-state index is 0.00433. The lowest BCUT2D eigenvalue weighted by Gasteiger charge is -2.15. The van der Waals surface area contributed by atoms with Crippen LogP contribution in [-0.2, 0) is 6.54 Å². The van der Waals surface area contributed by atoms with E-state index >= 15 is 0 Å². The molecule has 0 saturated carbocycles. The maximum atomic E-state index is 12.1. The van der Waals surface area contributed by atoms with Gasteiger partial charge in [0.1, 0.15) is 0 Å². The first-order valence-corrected chi connectivity index (χ1v) is 7.20. The first kappa shape index (κ1) is 16.4. The molecular weight excluding hydrogens is 275 g/mol. The van der Waals surface area contributed by atoms with E-state index in [1.54, 1.807) is 4.68 Å². The lowest BCUT2D eigenvalue weighted by atomic mass is 10.0. The molecule has 1 N–H and O–H groups in total. The lowest BCUT2D eigenvalue weighted by Crippen LogP contribution is -2.17. The fourth-order valence-corrected chi connectivity index (χ4v) is 2.73. The van der Waals surface area contributed by atoms with Crippen LogP contribution in [0, 0.1) is 13.8 Å². The van der Waals surface area contributed by atoms with Crippen molar-refractivity contribution in [2.45, 2.75) is 45.3 Å². The molecule has 7 heteroatoms. The van der Waals surface area contributed by atoms with E-state index in [2.05, 4.69) is 17.3 Å². The molecule has 0 spiro atoms. The van der Waals surface area contributed by atoms with Crippen LogP contribution in [0.1, 0.15) is 36.3 Å². The average molecular weight is 295 g/mol. The molecular formula is C12H20F3N3S. The third kappa shape index (κ3) is 4.42. The average Bonchev–Trinajstić information content (AvgIpc) is 2.57. The Kier molecular flexibility index (Phi) is 5.73. The largest absolute Gasteiger partial charge is 0.441 e. The fourth-order valence-electron chi connectivity index (χ4n) is 2.23. The fraction of sp³-hybridized carbons (Fsp3) is 0.750. The number of aromatic nitrogens is 2. The number of halogens is 3. The Morgan fingerprint density at radius 2 is 2.00 bits per heavy atom. The highest BCUT2D eigenvalue weighted by atomic mass is 32.2. The van der Waals surface area contributed by atoms with Crippen LogP contribution >= 0.6 is 11.8 Å². The molecule has 3 nitrogen and oxygen atoms in total. The summed E-state index contributed by atoms with van der Waals surface area (Å²) < 4.78 is 38.0. The van der Waals surface area contributed by atoms with Gasteiger partial charge in [-0.05, 0) is 39.1 Å². The van der Waals surface area contributed by atoms with E-state index in [4.69, 9.17) is 0 Å². The summed E-state index contributed by atoms with van der Waals surface area (Å²) in [4.78, 5) is 0. The molecule has 0 aliphatic carbocycles. The molecule has 1 unspecified atom stereocenters. The number of hydrogen-bond donors (Lipinski definition) is 1. The van der Waals surface area contributed by atoms with Gasteiger partial charge in [0, 0.05) is 23.1 Å². The summed E-state index contributed by atoms with van der Waals surface area (Å²) in [5.74, 6) is -0.0127. The third-order valence-electron chi connectivity index (χ3n) is 3.11. The van der Waals surface area contributed by atoms with Crippen molar-refractivity contribution in [2.24, 2.45) is 0 Å². The van der Waals surface area contributed by atoms with Crippen LogP contribution in [-0.4, -0.2) is 28.1 Å². The molecule has 0 bridgehead atoms. The number of nitrogens with zero attached hydrogens (tertiary/aromatic N) is 2. The highest BCUT2D eigenvalue weighted by Crippen LogP contribution is 2.30. The van der Waals surface area contributed by atoms with Gasteiger partial charge in [-0.2, -0.15) is 18.3 Å². The molecule has 0 aliphatic heterocycles. The topological polar surface area (TPSA) is 29.9 Å². The van der Waals surface area contributed by atoms with Crippen molar-refractivity contribution in [1.82, 2.24) is 15.1 Å². The second-order valence-corrected chi connectivity index (χ2v) is 5.51. The molecule has 0 fully saturated rings. The Balaban J connectivity index is 2.79. The van der Waals surface area contributed by atoms with Gasteiger partial charge in [0.2, 0.25) is 0 Å². The van der Waals surface area contributed by atoms with Crippen molar-refractivity contribution in [2.75, 3.05) is 12.8 Å². The maximum Gasteiger partial charge on any atom is 0.441 e. The summed E-state index contributed by atoms with van der Waals surface area (Å²) in [6, 6.07) is 0.198. The molecule has 1 heterocycles. The van der Waals surface area contributed by atoms with Gasteiger partial charge in [0.05, 0.1) is 12.2 Å². The van der Waals surface area contributed by atoms with Crippen LogP contribution in [0.15, 0.2) is 0 Å². The number of rotatable bonds is 6. The second-order valence-electron chi connectivity index (χ2n) is 4.35. The molecule has 1 aromatic rings. The number of nitrogens with one attached hydrogen (secondary N) is 1. The summed E-state index contributed by atoms with van der Waals surface area (Å²) in [5.41, 5.74) is -1.24. The normalized spacial score (nSPS) is 13.8. The van der Waals surface area contributed by atoms with E-state index in [0.29, 0.717) is 0 Å². The molecule has 0 saturated heterocycles. The SMILES string of the molecule is CCC(NC)c1c(C)nn(CCSC(F)(F)F)c1C. The summed E-state index contributed by atoms with van der Waals surface area (Å²) in [5, 5.41) is 7.55. The van der Waals surface area contributed by atoms with Gasteiger partial charge in [0.15, 0.2) is 0 Å². The van der Waals surface area contributed by atoms with Crippen molar-refractivity contribution in [3.05, 3.63) is 17.0 Å². The monoisotopic (exact) mass is 295 g/mol. The highest BCUT2D eigenvalue weighted by molar-refractivity contribution is 8.00. The number of aryl methyl sites for hydroxylation is 2.